The van der Waals surface area contributed by atoms with Crippen LogP contribution >= 0.6 is 11.6 Å². The molecule has 0 aliphatic carbocycles. The van der Waals surface area contributed by atoms with Gasteiger partial charge in [0.25, 0.3) is 10.2 Å². The third-order valence-electron chi connectivity index (χ3n) is 1.47. The van der Waals surface area contributed by atoms with Crippen molar-refractivity contribution in [1.29, 1.82) is 0 Å². The number of carboxylic acids is 1. The molecule has 0 radical (unpaired) electrons. The van der Waals surface area contributed by atoms with E-state index in [4.69, 9.17) is 21.8 Å². The summed E-state index contributed by atoms with van der Waals surface area (Å²) in [5.41, 5.74) is -0.0101. The average Bonchev–Trinajstić information content (AvgIpc) is 2.05. The van der Waals surface area contributed by atoms with Gasteiger partial charge in [-0.25, -0.2) is 9.93 Å². The number of aromatic carboxylic acids is 1. The van der Waals surface area contributed by atoms with Crippen molar-refractivity contribution in [2.75, 3.05) is 4.72 Å². The Kier molecular flexibility index (Phi) is 3.18. The first-order chi connectivity index (χ1) is 6.79. The lowest BCUT2D eigenvalue weighted by molar-refractivity contribution is 0.0697. The molecule has 0 aliphatic rings. The molecule has 6 nitrogen and oxygen atoms in total. The van der Waals surface area contributed by atoms with Crippen molar-refractivity contribution in [2.45, 2.75) is 0 Å². The first-order valence-corrected chi connectivity index (χ1v) is 5.55. The lowest BCUT2D eigenvalue weighted by Crippen LogP contribution is -2.21. The number of benzene rings is 1. The van der Waals surface area contributed by atoms with Crippen molar-refractivity contribution >= 4 is 33.5 Å². The Morgan fingerprint density at radius 1 is 1.47 bits per heavy atom. The molecule has 4 N–H and O–H groups in total. The molecule has 1 rings (SSSR count). The van der Waals surface area contributed by atoms with Crippen LogP contribution in [0.4, 0.5) is 5.69 Å². The molecule has 0 amide bonds. The van der Waals surface area contributed by atoms with E-state index in [9.17, 15) is 13.2 Å². The maximum absolute atomic E-state index is 10.7. The molecule has 0 spiro atoms. The maximum atomic E-state index is 10.7. The molecular formula is C7H7ClN2O4S. The Morgan fingerprint density at radius 2 is 2.07 bits per heavy atom. The van der Waals surface area contributed by atoms with E-state index in [0.29, 0.717) is 0 Å². The summed E-state index contributed by atoms with van der Waals surface area (Å²) in [5, 5.41) is 13.3. The fourth-order valence-corrected chi connectivity index (χ4v) is 1.65. The summed E-state index contributed by atoms with van der Waals surface area (Å²) < 4.78 is 23.3. The van der Waals surface area contributed by atoms with Gasteiger partial charge in [-0.15, -0.1) is 0 Å². The van der Waals surface area contributed by atoms with Crippen molar-refractivity contribution in [1.82, 2.24) is 0 Å². The Labute approximate surface area is 90.8 Å². The third kappa shape index (κ3) is 3.39. The molecule has 0 heterocycles. The number of nitrogens with one attached hydrogen (secondary N) is 1. The van der Waals surface area contributed by atoms with E-state index < -0.39 is 16.2 Å². The summed E-state index contributed by atoms with van der Waals surface area (Å²) >= 11 is 5.63. The molecule has 1 aromatic carbocycles. The van der Waals surface area contributed by atoms with Crippen molar-refractivity contribution in [3.8, 4) is 0 Å². The number of hydrogen-bond acceptors (Lipinski definition) is 3. The van der Waals surface area contributed by atoms with Gasteiger partial charge in [0.2, 0.25) is 0 Å². The average molecular weight is 251 g/mol. The summed E-state index contributed by atoms with van der Waals surface area (Å²) in [7, 11) is -3.91. The highest BCUT2D eigenvalue weighted by Crippen LogP contribution is 2.23. The van der Waals surface area contributed by atoms with Crippen molar-refractivity contribution in [3.63, 3.8) is 0 Å². The predicted octanol–water partition coefficient (Wildman–Crippen LogP) is 0.654. The second-order valence-electron chi connectivity index (χ2n) is 2.65. The molecule has 0 fully saturated rings. The molecule has 15 heavy (non-hydrogen) atoms. The molecule has 0 aliphatic heterocycles. The predicted molar refractivity (Wildman–Crippen MR) is 55.1 cm³/mol. The second kappa shape index (κ2) is 4.05. The van der Waals surface area contributed by atoms with E-state index in [2.05, 4.69) is 0 Å². The molecule has 8 heteroatoms. The molecule has 82 valence electrons. The summed E-state index contributed by atoms with van der Waals surface area (Å²) in [6.07, 6.45) is 0. The maximum Gasteiger partial charge on any atom is 0.335 e. The second-order valence-corrected chi connectivity index (χ2v) is 4.35. The standard InChI is InChI=1S/C7H7ClN2O4S/c8-5-3-4(7(11)12)1-2-6(5)10-15(9,13)14/h1-3,10H,(H,11,12)(H2,9,13,14). The number of halogens is 1. The number of carboxylic acid groups (broad SMARTS) is 1. The van der Waals surface area contributed by atoms with Crippen LogP contribution in [0.3, 0.4) is 0 Å². The van der Waals surface area contributed by atoms with Gasteiger partial charge < -0.3 is 5.11 Å². The Hall–Kier alpha value is -1.31. The van der Waals surface area contributed by atoms with Crippen LogP contribution in [-0.4, -0.2) is 19.5 Å². The van der Waals surface area contributed by atoms with E-state index in [1.54, 1.807) is 0 Å². The fraction of sp³-hybridized carbons (Fsp3) is 0. The van der Waals surface area contributed by atoms with E-state index in [1.807, 2.05) is 4.72 Å². The van der Waals surface area contributed by atoms with Crippen LogP contribution in [0.2, 0.25) is 5.02 Å². The van der Waals surface area contributed by atoms with E-state index in [0.717, 1.165) is 6.07 Å². The molecule has 0 aromatic heterocycles. The minimum atomic E-state index is -3.91. The first-order valence-electron chi connectivity index (χ1n) is 3.63. The number of hydrogen-bond donors (Lipinski definition) is 3. The zero-order valence-electron chi connectivity index (χ0n) is 7.27. The summed E-state index contributed by atoms with van der Waals surface area (Å²) in [6, 6.07) is 3.55. The normalized spacial score (nSPS) is 11.1. The van der Waals surface area contributed by atoms with E-state index in [-0.39, 0.29) is 16.3 Å². The number of nitrogens with two attached hydrogens (primary N) is 1. The lowest BCUT2D eigenvalue weighted by Gasteiger charge is -2.05. The third-order valence-corrected chi connectivity index (χ3v) is 2.29. The number of carbonyl (C=O) groups is 1. The number of rotatable bonds is 3. The zero-order valence-corrected chi connectivity index (χ0v) is 8.84. The SMILES string of the molecule is NS(=O)(=O)Nc1ccc(C(=O)O)cc1Cl. The van der Waals surface area contributed by atoms with Crippen molar-refractivity contribution in [3.05, 3.63) is 28.8 Å². The number of anilines is 1. The Bertz CT molecular complexity index is 500. The Morgan fingerprint density at radius 3 is 2.47 bits per heavy atom. The van der Waals surface area contributed by atoms with Gasteiger partial charge in [0.1, 0.15) is 0 Å². The minimum absolute atomic E-state index is 0.0316. The zero-order chi connectivity index (χ0) is 11.6. The minimum Gasteiger partial charge on any atom is -0.478 e. The van der Waals surface area contributed by atoms with Crippen LogP contribution in [0.5, 0.6) is 0 Å². The highest BCUT2D eigenvalue weighted by Gasteiger charge is 2.09. The van der Waals surface area contributed by atoms with Gasteiger partial charge in [0.15, 0.2) is 0 Å². The highest BCUT2D eigenvalue weighted by molar-refractivity contribution is 7.90. The smallest absolute Gasteiger partial charge is 0.335 e. The summed E-state index contributed by atoms with van der Waals surface area (Å²) in [4.78, 5) is 10.5. The topological polar surface area (TPSA) is 109 Å². The van der Waals surface area contributed by atoms with Crippen molar-refractivity contribution in [2.24, 2.45) is 5.14 Å². The van der Waals surface area contributed by atoms with Crippen LogP contribution in [0.25, 0.3) is 0 Å². The molecule has 0 atom stereocenters. The molecule has 0 saturated carbocycles. The van der Waals surface area contributed by atoms with E-state index >= 15 is 0 Å². The van der Waals surface area contributed by atoms with Gasteiger partial charge in [0, 0.05) is 0 Å². The molecular weight excluding hydrogens is 244 g/mol. The molecule has 0 unspecified atom stereocenters. The van der Waals surface area contributed by atoms with Crippen LogP contribution in [0.15, 0.2) is 18.2 Å². The van der Waals surface area contributed by atoms with Gasteiger partial charge in [-0.3, -0.25) is 4.72 Å². The Balaban J connectivity index is 3.09. The van der Waals surface area contributed by atoms with E-state index in [1.165, 1.54) is 12.1 Å². The van der Waals surface area contributed by atoms with Gasteiger partial charge in [-0.1, -0.05) is 11.6 Å². The fourth-order valence-electron chi connectivity index (χ4n) is 0.884. The van der Waals surface area contributed by atoms with Crippen LogP contribution in [0, 0.1) is 0 Å². The molecule has 1 aromatic rings. The van der Waals surface area contributed by atoms with Crippen LogP contribution < -0.4 is 9.86 Å². The molecule has 0 bridgehead atoms. The van der Waals surface area contributed by atoms with Crippen LogP contribution in [0.1, 0.15) is 10.4 Å². The quantitative estimate of drug-likeness (QED) is 0.732. The summed E-state index contributed by atoms with van der Waals surface area (Å²) in [6.45, 7) is 0. The molecule has 0 saturated heterocycles. The highest BCUT2D eigenvalue weighted by atomic mass is 35.5. The largest absolute Gasteiger partial charge is 0.478 e. The first kappa shape index (κ1) is 11.8. The van der Waals surface area contributed by atoms with Crippen molar-refractivity contribution < 1.29 is 18.3 Å². The van der Waals surface area contributed by atoms with Gasteiger partial charge in [-0.05, 0) is 18.2 Å². The summed E-state index contributed by atoms with van der Waals surface area (Å²) in [5.74, 6) is -1.15. The monoisotopic (exact) mass is 250 g/mol. The van der Waals surface area contributed by atoms with Gasteiger partial charge in [0.05, 0.1) is 16.3 Å². The lowest BCUT2D eigenvalue weighted by atomic mass is 10.2. The van der Waals surface area contributed by atoms with Gasteiger partial charge in [-0.2, -0.15) is 8.42 Å². The van der Waals surface area contributed by atoms with Crippen LogP contribution in [-0.2, 0) is 10.2 Å². The van der Waals surface area contributed by atoms with Gasteiger partial charge >= 0.3 is 5.97 Å².